The summed E-state index contributed by atoms with van der Waals surface area (Å²) in [6.45, 7) is 6.83. The van der Waals surface area contributed by atoms with E-state index in [1.807, 2.05) is 35.9 Å². The van der Waals surface area contributed by atoms with Crippen molar-refractivity contribution in [3.63, 3.8) is 0 Å². The number of aromatic amines is 1. The highest BCUT2D eigenvalue weighted by molar-refractivity contribution is 5.80. The molecule has 1 aliphatic heterocycles. The predicted octanol–water partition coefficient (Wildman–Crippen LogP) is 4.38. The number of ether oxygens (including phenoxy) is 2. The Labute approximate surface area is 212 Å². The minimum Gasteiger partial charge on any atom is -0.494 e. The van der Waals surface area contributed by atoms with Gasteiger partial charge in [0.2, 0.25) is 0 Å². The lowest BCUT2D eigenvalue weighted by Crippen LogP contribution is -2.39. The molecule has 0 radical (unpaired) electrons. The second-order valence-electron chi connectivity index (χ2n) is 10.1. The van der Waals surface area contributed by atoms with Crippen LogP contribution in [0.15, 0.2) is 29.1 Å². The van der Waals surface area contributed by atoms with Gasteiger partial charge >= 0.3 is 0 Å². The first-order valence-electron chi connectivity index (χ1n) is 13.6. The number of hydrogen-bond acceptors (Lipinski definition) is 7. The highest BCUT2D eigenvalue weighted by Crippen LogP contribution is 2.34. The minimum absolute atomic E-state index is 0.0381. The Balaban J connectivity index is 1.48. The average molecular weight is 495 g/mol. The zero-order chi connectivity index (χ0) is 24.9. The van der Waals surface area contributed by atoms with Crippen molar-refractivity contribution < 1.29 is 9.47 Å². The molecule has 3 heterocycles. The molecule has 9 heteroatoms. The second-order valence-corrected chi connectivity index (χ2v) is 10.1. The summed E-state index contributed by atoms with van der Waals surface area (Å²) in [5.74, 6) is 1.70. The van der Waals surface area contributed by atoms with E-state index in [-0.39, 0.29) is 17.7 Å². The van der Waals surface area contributed by atoms with E-state index in [2.05, 4.69) is 32.3 Å². The van der Waals surface area contributed by atoms with Crippen LogP contribution in [0.25, 0.3) is 10.9 Å². The quantitative estimate of drug-likeness (QED) is 0.422. The maximum absolute atomic E-state index is 13.2. The third kappa shape index (κ3) is 5.47. The summed E-state index contributed by atoms with van der Waals surface area (Å²) in [6, 6.07) is 8.29. The van der Waals surface area contributed by atoms with Crippen LogP contribution < -0.4 is 10.3 Å². The van der Waals surface area contributed by atoms with Crippen molar-refractivity contribution in [2.45, 2.75) is 96.5 Å². The number of H-pyrrole nitrogens is 1. The molecule has 0 spiro atoms. The van der Waals surface area contributed by atoms with Crippen molar-refractivity contribution in [3.8, 4) is 5.75 Å². The van der Waals surface area contributed by atoms with E-state index in [0.29, 0.717) is 25.7 Å². The second kappa shape index (κ2) is 11.5. The summed E-state index contributed by atoms with van der Waals surface area (Å²) in [5.41, 5.74) is 1.55. The number of pyridine rings is 1. The van der Waals surface area contributed by atoms with E-state index < -0.39 is 0 Å². The molecule has 0 bridgehead atoms. The van der Waals surface area contributed by atoms with Crippen LogP contribution in [-0.2, 0) is 17.8 Å². The summed E-state index contributed by atoms with van der Waals surface area (Å²) >= 11 is 0. The molecule has 1 saturated carbocycles. The van der Waals surface area contributed by atoms with Gasteiger partial charge in [0.1, 0.15) is 5.75 Å². The van der Waals surface area contributed by atoms with Crippen LogP contribution in [0.2, 0.25) is 0 Å². The predicted molar refractivity (Wildman–Crippen MR) is 138 cm³/mol. The first-order valence-corrected chi connectivity index (χ1v) is 13.6. The largest absolute Gasteiger partial charge is 0.494 e. The Morgan fingerprint density at radius 1 is 1.19 bits per heavy atom. The molecule has 9 nitrogen and oxygen atoms in total. The zero-order valence-electron chi connectivity index (χ0n) is 21.5. The number of aromatic nitrogens is 5. The molecule has 1 N–H and O–H groups in total. The first kappa shape index (κ1) is 24.9. The Hall–Kier alpha value is -2.78. The molecule has 1 aromatic carbocycles. The smallest absolute Gasteiger partial charge is 0.252 e. The molecule has 2 aliphatic rings. The van der Waals surface area contributed by atoms with E-state index in [0.717, 1.165) is 73.2 Å². The molecule has 5 rings (SSSR count). The topological polar surface area (TPSA) is 98.2 Å². The summed E-state index contributed by atoms with van der Waals surface area (Å²) in [6.07, 6.45) is 8.93. The van der Waals surface area contributed by atoms with Gasteiger partial charge in [-0.3, -0.25) is 9.69 Å². The van der Waals surface area contributed by atoms with Gasteiger partial charge < -0.3 is 14.5 Å². The fourth-order valence-corrected chi connectivity index (χ4v) is 5.81. The van der Waals surface area contributed by atoms with Gasteiger partial charge in [0.05, 0.1) is 25.3 Å². The Kier molecular flexibility index (Phi) is 7.96. The van der Waals surface area contributed by atoms with Gasteiger partial charge in [-0.1, -0.05) is 26.2 Å². The molecule has 194 valence electrons. The Morgan fingerprint density at radius 2 is 2.06 bits per heavy atom. The van der Waals surface area contributed by atoms with Crippen molar-refractivity contribution in [2.24, 2.45) is 0 Å². The average Bonchev–Trinajstić information content (AvgIpc) is 3.66. The maximum Gasteiger partial charge on any atom is 0.252 e. The first-order chi connectivity index (χ1) is 17.7. The third-order valence-electron chi connectivity index (χ3n) is 7.57. The fourth-order valence-electron chi connectivity index (χ4n) is 5.81. The Morgan fingerprint density at radius 3 is 2.81 bits per heavy atom. The summed E-state index contributed by atoms with van der Waals surface area (Å²) < 4.78 is 13.5. The van der Waals surface area contributed by atoms with Crippen LogP contribution in [0.5, 0.6) is 5.75 Å². The molecule has 2 atom stereocenters. The molecule has 3 aromatic rings. The Bertz CT molecular complexity index is 1200. The number of nitrogens with zero attached hydrogens (tertiary/aromatic N) is 5. The summed E-state index contributed by atoms with van der Waals surface area (Å²) in [5, 5.41) is 13.9. The van der Waals surface area contributed by atoms with Crippen LogP contribution in [0.4, 0.5) is 0 Å². The fraction of sp³-hybridized carbons (Fsp3) is 0.630. The van der Waals surface area contributed by atoms with E-state index in [4.69, 9.17) is 9.47 Å². The molecule has 1 saturated heterocycles. The van der Waals surface area contributed by atoms with Crippen LogP contribution in [0.1, 0.15) is 82.6 Å². The SMILES string of the molecule is CCCC(c1nnnn1CC1CCCO1)N(Cc1cc2cc(OCC)ccc2[nH]c1=O)C1CCCC1. The minimum atomic E-state index is -0.0381. The van der Waals surface area contributed by atoms with Gasteiger partial charge in [0.25, 0.3) is 5.56 Å². The van der Waals surface area contributed by atoms with Crippen molar-refractivity contribution in [3.05, 3.63) is 46.0 Å². The van der Waals surface area contributed by atoms with Crippen molar-refractivity contribution in [1.82, 2.24) is 30.1 Å². The number of fused-ring (bicyclic) bond motifs is 1. The van der Waals surface area contributed by atoms with Gasteiger partial charge in [-0.2, -0.15) is 0 Å². The molecule has 0 amide bonds. The van der Waals surface area contributed by atoms with Gasteiger partial charge in [0, 0.05) is 35.7 Å². The highest BCUT2D eigenvalue weighted by atomic mass is 16.5. The van der Waals surface area contributed by atoms with E-state index in [9.17, 15) is 4.79 Å². The lowest BCUT2D eigenvalue weighted by molar-refractivity contribution is 0.0828. The summed E-state index contributed by atoms with van der Waals surface area (Å²) in [7, 11) is 0. The third-order valence-corrected chi connectivity index (χ3v) is 7.57. The molecule has 36 heavy (non-hydrogen) atoms. The standard InChI is InChI=1S/C27H38N6O3/c1-3-8-25(26-29-30-31-33(26)18-23-11-7-14-36-23)32(21-9-5-6-10-21)17-20-15-19-16-22(35-4-2)12-13-24(19)28-27(20)34/h12-13,15-16,21,23,25H,3-11,14,17-18H2,1-2H3,(H,28,34). The van der Waals surface area contributed by atoms with Gasteiger partial charge in [-0.15, -0.1) is 5.10 Å². The van der Waals surface area contributed by atoms with Crippen molar-refractivity contribution >= 4 is 10.9 Å². The molecular formula is C27H38N6O3. The monoisotopic (exact) mass is 494 g/mol. The number of benzene rings is 1. The van der Waals surface area contributed by atoms with Crippen LogP contribution in [0.3, 0.4) is 0 Å². The molecule has 2 aromatic heterocycles. The van der Waals surface area contributed by atoms with E-state index >= 15 is 0 Å². The molecule has 2 unspecified atom stereocenters. The molecule has 1 aliphatic carbocycles. The number of nitrogens with one attached hydrogen (secondary N) is 1. The zero-order valence-corrected chi connectivity index (χ0v) is 21.5. The van der Waals surface area contributed by atoms with Gasteiger partial charge in [-0.05, 0) is 73.7 Å². The van der Waals surface area contributed by atoms with E-state index in [1.54, 1.807) is 0 Å². The van der Waals surface area contributed by atoms with Crippen molar-refractivity contribution in [1.29, 1.82) is 0 Å². The summed E-state index contributed by atoms with van der Waals surface area (Å²) in [4.78, 5) is 18.8. The van der Waals surface area contributed by atoms with E-state index in [1.165, 1.54) is 12.8 Å². The molecular weight excluding hydrogens is 456 g/mol. The normalized spacial score (nSPS) is 19.5. The number of hydrogen-bond donors (Lipinski definition) is 1. The lowest BCUT2D eigenvalue weighted by atomic mass is 10.0. The van der Waals surface area contributed by atoms with Crippen molar-refractivity contribution in [2.75, 3.05) is 13.2 Å². The van der Waals surface area contributed by atoms with Gasteiger partial charge in [0.15, 0.2) is 5.82 Å². The van der Waals surface area contributed by atoms with Gasteiger partial charge in [-0.25, -0.2) is 4.68 Å². The maximum atomic E-state index is 13.2. The lowest BCUT2D eigenvalue weighted by Gasteiger charge is -2.35. The molecule has 2 fully saturated rings. The number of tetrazole rings is 1. The highest BCUT2D eigenvalue weighted by Gasteiger charge is 2.33. The van der Waals surface area contributed by atoms with Crippen LogP contribution in [-0.4, -0.2) is 55.5 Å². The van der Waals surface area contributed by atoms with Crippen LogP contribution >= 0.6 is 0 Å². The van der Waals surface area contributed by atoms with Crippen LogP contribution in [0, 0.1) is 0 Å². The number of rotatable bonds is 11.